The van der Waals surface area contributed by atoms with Crippen LogP contribution in [0.15, 0.2) is 158 Å². The van der Waals surface area contributed by atoms with Crippen LogP contribution in [0, 0.1) is 0 Å². The average Bonchev–Trinajstić information content (AvgIpc) is 3.17. The molecule has 0 radical (unpaired) electrons. The maximum absolute atomic E-state index is 5.60. The van der Waals surface area contributed by atoms with Crippen LogP contribution in [-0.2, 0) is 16.2 Å². The van der Waals surface area contributed by atoms with Gasteiger partial charge in [0.25, 0.3) is 0 Å². The Kier molecular flexibility index (Phi) is 8.97. The third-order valence-electron chi connectivity index (χ3n) is 11.7. The van der Waals surface area contributed by atoms with Crippen molar-refractivity contribution in [2.24, 2.45) is 0 Å². The summed E-state index contributed by atoms with van der Waals surface area (Å²) in [5, 5.41) is 11.7. The van der Waals surface area contributed by atoms with Crippen molar-refractivity contribution in [2.75, 3.05) is 0 Å². The van der Waals surface area contributed by atoms with Gasteiger partial charge in [0.15, 0.2) is 8.07 Å². The SMILES string of the molecule is CC(C)(C)c1ccc([Si](c2ccc(C(C)(C)C)cc2)(c2ccc(C(C)(C)C)cc2)c2cc3ccccc3c3c2c(-c2ccccc2)nc2ccccc23)cc1. The largest absolute Gasteiger partial charge is 0.247 e. The molecule has 55 heavy (non-hydrogen) atoms. The molecule has 8 aromatic rings. The van der Waals surface area contributed by atoms with Crippen molar-refractivity contribution in [1.29, 1.82) is 0 Å². The molecule has 1 nitrogen and oxygen atoms in total. The Labute approximate surface area is 329 Å². The maximum atomic E-state index is 5.60. The van der Waals surface area contributed by atoms with Gasteiger partial charge in [0.1, 0.15) is 0 Å². The Morgan fingerprint density at radius 1 is 0.400 bits per heavy atom. The third-order valence-corrected chi connectivity index (χ3v) is 16.5. The van der Waals surface area contributed by atoms with Crippen LogP contribution in [0.5, 0.6) is 0 Å². The smallest absolute Gasteiger partial charge is 0.180 e. The number of nitrogens with zero attached hydrogens (tertiary/aromatic N) is 1. The highest BCUT2D eigenvalue weighted by Crippen LogP contribution is 2.38. The molecular weight excluding hydrogens is 679 g/mol. The number of fused-ring (bicyclic) bond motifs is 5. The summed E-state index contributed by atoms with van der Waals surface area (Å²) in [5.74, 6) is 0. The van der Waals surface area contributed by atoms with Crippen molar-refractivity contribution in [1.82, 2.24) is 4.98 Å². The first kappa shape index (κ1) is 36.7. The van der Waals surface area contributed by atoms with Crippen molar-refractivity contribution in [3.63, 3.8) is 0 Å². The van der Waals surface area contributed by atoms with Gasteiger partial charge in [-0.1, -0.05) is 214 Å². The first-order valence-electron chi connectivity index (χ1n) is 19.8. The van der Waals surface area contributed by atoms with Crippen molar-refractivity contribution in [3.8, 4) is 11.3 Å². The predicted octanol–water partition coefficient (Wildman–Crippen LogP) is 11.5. The Balaban J connectivity index is 1.64. The Morgan fingerprint density at radius 3 is 1.29 bits per heavy atom. The lowest BCUT2D eigenvalue weighted by atomic mass is 9.87. The van der Waals surface area contributed by atoms with E-state index in [4.69, 9.17) is 4.98 Å². The van der Waals surface area contributed by atoms with Gasteiger partial charge < -0.3 is 0 Å². The second kappa shape index (κ2) is 13.5. The summed E-state index contributed by atoms with van der Waals surface area (Å²) in [7, 11) is -3.12. The summed E-state index contributed by atoms with van der Waals surface area (Å²) in [6.07, 6.45) is 0. The number of rotatable bonds is 5. The van der Waals surface area contributed by atoms with E-state index < -0.39 is 8.07 Å². The molecule has 0 atom stereocenters. The molecule has 1 aromatic heterocycles. The van der Waals surface area contributed by atoms with Gasteiger partial charge in [-0.05, 0) is 70.5 Å². The zero-order valence-electron chi connectivity index (χ0n) is 34.0. The summed E-state index contributed by atoms with van der Waals surface area (Å²) >= 11 is 0. The van der Waals surface area contributed by atoms with Crippen LogP contribution in [0.25, 0.3) is 43.7 Å². The van der Waals surface area contributed by atoms with Crippen LogP contribution >= 0.6 is 0 Å². The van der Waals surface area contributed by atoms with E-state index in [0.717, 1.165) is 16.8 Å². The molecule has 0 aliphatic carbocycles. The van der Waals surface area contributed by atoms with Gasteiger partial charge in [-0.15, -0.1) is 0 Å². The third kappa shape index (κ3) is 6.41. The molecule has 0 aliphatic heterocycles. The number of hydrogen-bond acceptors (Lipinski definition) is 1. The molecule has 7 aromatic carbocycles. The molecule has 0 spiro atoms. The van der Waals surface area contributed by atoms with Crippen LogP contribution in [0.4, 0.5) is 0 Å². The lowest BCUT2D eigenvalue weighted by Gasteiger charge is -2.37. The van der Waals surface area contributed by atoms with E-state index in [2.05, 4.69) is 220 Å². The quantitative estimate of drug-likeness (QED) is 0.0976. The molecule has 0 amide bonds. The molecule has 1 heterocycles. The van der Waals surface area contributed by atoms with E-state index in [1.165, 1.54) is 64.4 Å². The number of hydrogen-bond donors (Lipinski definition) is 0. The van der Waals surface area contributed by atoms with Crippen LogP contribution in [0.3, 0.4) is 0 Å². The monoisotopic (exact) mass is 731 g/mol. The lowest BCUT2D eigenvalue weighted by Crippen LogP contribution is -2.75. The van der Waals surface area contributed by atoms with Crippen molar-refractivity contribution < 1.29 is 0 Å². The normalized spacial score (nSPS) is 12.8. The average molecular weight is 732 g/mol. The van der Waals surface area contributed by atoms with Crippen LogP contribution in [0.1, 0.15) is 79.0 Å². The fourth-order valence-corrected chi connectivity index (χ4v) is 13.5. The van der Waals surface area contributed by atoms with E-state index in [9.17, 15) is 0 Å². The molecule has 0 bridgehead atoms. The molecular formula is C53H53NSi. The zero-order valence-corrected chi connectivity index (χ0v) is 35.0. The number of para-hydroxylation sites is 1. The molecule has 274 valence electrons. The number of aromatic nitrogens is 1. The Bertz CT molecular complexity index is 2490. The fourth-order valence-electron chi connectivity index (χ4n) is 8.56. The van der Waals surface area contributed by atoms with E-state index in [1.54, 1.807) is 0 Å². The Morgan fingerprint density at radius 2 is 0.818 bits per heavy atom. The second-order valence-corrected chi connectivity index (χ2v) is 22.2. The highest BCUT2D eigenvalue weighted by atomic mass is 28.3. The Hall–Kier alpha value is -5.31. The molecule has 0 aliphatic rings. The fraction of sp³-hybridized carbons (Fsp3) is 0.226. The van der Waals surface area contributed by atoms with Crippen LogP contribution in [-0.4, -0.2) is 13.1 Å². The highest BCUT2D eigenvalue weighted by molar-refractivity contribution is 7.21. The van der Waals surface area contributed by atoms with Gasteiger partial charge in [0.2, 0.25) is 0 Å². The predicted molar refractivity (Wildman–Crippen MR) is 242 cm³/mol. The highest BCUT2D eigenvalue weighted by Gasteiger charge is 2.44. The molecule has 8 rings (SSSR count). The summed E-state index contributed by atoms with van der Waals surface area (Å²) in [4.78, 5) is 5.60. The van der Waals surface area contributed by atoms with Crippen molar-refractivity contribution in [2.45, 2.75) is 78.6 Å². The second-order valence-electron chi connectivity index (χ2n) is 18.5. The first-order chi connectivity index (χ1) is 26.2. The standard InChI is InChI=1S/C53H53NSi/c1-51(2,3)38-23-29-41(30-24-38)55(42-31-25-39(26-32-42)52(4,5)6,43-33-27-40(28-34-43)53(7,8)9)47-35-37-19-13-14-20-44(37)48-45-21-15-16-22-46(45)54-50(49(47)48)36-17-11-10-12-18-36/h10-35H,1-9H3. The minimum Gasteiger partial charge on any atom is -0.247 e. The number of benzene rings is 7. The summed E-state index contributed by atoms with van der Waals surface area (Å²) in [6.45, 7) is 20.8. The molecule has 0 unspecified atom stereocenters. The molecule has 0 N–H and O–H groups in total. The zero-order chi connectivity index (χ0) is 38.8. The van der Waals surface area contributed by atoms with Gasteiger partial charge in [0, 0.05) is 21.7 Å². The van der Waals surface area contributed by atoms with Gasteiger partial charge in [0.05, 0.1) is 11.2 Å². The molecule has 0 saturated carbocycles. The summed E-state index contributed by atoms with van der Waals surface area (Å²) < 4.78 is 0. The van der Waals surface area contributed by atoms with Gasteiger partial charge in [-0.25, -0.2) is 4.98 Å². The topological polar surface area (TPSA) is 12.9 Å². The van der Waals surface area contributed by atoms with Gasteiger partial charge in [-0.2, -0.15) is 0 Å². The summed E-state index contributed by atoms with van der Waals surface area (Å²) in [6, 6.07) is 60.2. The van der Waals surface area contributed by atoms with E-state index in [1.807, 2.05) is 0 Å². The van der Waals surface area contributed by atoms with Gasteiger partial charge in [-0.3, -0.25) is 0 Å². The lowest BCUT2D eigenvalue weighted by molar-refractivity contribution is 0.590. The van der Waals surface area contributed by atoms with E-state index in [-0.39, 0.29) is 16.2 Å². The molecule has 0 saturated heterocycles. The minimum absolute atomic E-state index is 0.0322. The first-order valence-corrected chi connectivity index (χ1v) is 21.8. The molecule has 2 heteroatoms. The minimum atomic E-state index is -3.12. The van der Waals surface area contributed by atoms with Crippen LogP contribution < -0.4 is 20.7 Å². The van der Waals surface area contributed by atoms with Crippen molar-refractivity contribution >= 4 is 61.3 Å². The van der Waals surface area contributed by atoms with Crippen molar-refractivity contribution in [3.05, 3.63) is 174 Å². The van der Waals surface area contributed by atoms with Crippen LogP contribution in [0.2, 0.25) is 0 Å². The number of pyridine rings is 1. The van der Waals surface area contributed by atoms with Gasteiger partial charge >= 0.3 is 0 Å². The summed E-state index contributed by atoms with van der Waals surface area (Å²) in [5.41, 5.74) is 7.30. The molecule has 0 fully saturated rings. The maximum Gasteiger partial charge on any atom is 0.180 e. The van der Waals surface area contributed by atoms with E-state index >= 15 is 0 Å². The van der Waals surface area contributed by atoms with E-state index in [0.29, 0.717) is 0 Å².